The minimum Gasteiger partial charge on any atom is -0.396 e. The third-order valence-corrected chi connectivity index (χ3v) is 2.20. The Bertz CT molecular complexity index is 403. The number of rotatable bonds is 3. The van der Waals surface area contributed by atoms with E-state index in [-0.39, 0.29) is 6.61 Å². The van der Waals surface area contributed by atoms with Gasteiger partial charge in [0.15, 0.2) is 0 Å². The van der Waals surface area contributed by atoms with Crippen molar-refractivity contribution in [1.29, 1.82) is 0 Å². The molecule has 0 atom stereocenters. The summed E-state index contributed by atoms with van der Waals surface area (Å²) in [6.45, 7) is 0.136. The van der Waals surface area contributed by atoms with Crippen LogP contribution in [0.15, 0.2) is 24.7 Å². The van der Waals surface area contributed by atoms with Crippen molar-refractivity contribution >= 4 is 0 Å². The number of aromatic amines is 1. The maximum Gasteiger partial charge on any atom is 0.111 e. The van der Waals surface area contributed by atoms with Gasteiger partial charge in [-0.3, -0.25) is 0 Å². The Morgan fingerprint density at radius 3 is 3.07 bits per heavy atom. The molecule has 14 heavy (non-hydrogen) atoms. The summed E-state index contributed by atoms with van der Waals surface area (Å²) in [5, 5.41) is 8.82. The van der Waals surface area contributed by atoms with E-state index in [0.717, 1.165) is 17.1 Å². The van der Waals surface area contributed by atoms with Gasteiger partial charge >= 0.3 is 0 Å². The summed E-state index contributed by atoms with van der Waals surface area (Å²) in [4.78, 5) is 7.42. The number of aliphatic hydroxyl groups is 1. The number of hydrogen-bond donors (Lipinski definition) is 2. The number of imidazole rings is 1. The van der Waals surface area contributed by atoms with Crippen LogP contribution in [0.5, 0.6) is 0 Å². The molecule has 2 N–H and O–H groups in total. The number of aryl methyl sites for hydroxylation is 1. The van der Waals surface area contributed by atoms with Crippen LogP contribution in [0, 0.1) is 0 Å². The zero-order chi connectivity index (χ0) is 9.97. The lowest BCUT2D eigenvalue weighted by atomic mass is 10.3. The summed E-state index contributed by atoms with van der Waals surface area (Å²) in [6, 6.07) is 1.98. The number of H-pyrrole nitrogens is 1. The van der Waals surface area contributed by atoms with Crippen molar-refractivity contribution in [2.75, 3.05) is 6.61 Å². The largest absolute Gasteiger partial charge is 0.396 e. The van der Waals surface area contributed by atoms with E-state index in [1.807, 2.05) is 36.3 Å². The third-order valence-electron chi connectivity index (χ3n) is 2.20. The van der Waals surface area contributed by atoms with Gasteiger partial charge in [-0.1, -0.05) is 0 Å². The SMILES string of the molecule is Cn1cc(-c2cc[nH]c2)nc1CCO. The van der Waals surface area contributed by atoms with Crippen molar-refractivity contribution in [2.24, 2.45) is 7.05 Å². The smallest absolute Gasteiger partial charge is 0.111 e. The number of hydrogen-bond acceptors (Lipinski definition) is 2. The normalized spacial score (nSPS) is 10.7. The van der Waals surface area contributed by atoms with Gasteiger partial charge in [0.05, 0.1) is 12.3 Å². The molecule has 0 saturated heterocycles. The van der Waals surface area contributed by atoms with Crippen molar-refractivity contribution in [1.82, 2.24) is 14.5 Å². The Labute approximate surface area is 82.2 Å². The number of aliphatic hydroxyl groups excluding tert-OH is 1. The van der Waals surface area contributed by atoms with Gasteiger partial charge in [-0.2, -0.15) is 0 Å². The van der Waals surface area contributed by atoms with E-state index in [0.29, 0.717) is 6.42 Å². The maximum atomic E-state index is 8.82. The summed E-state index contributed by atoms with van der Waals surface area (Å²) in [5.74, 6) is 0.906. The molecular weight excluding hydrogens is 178 g/mol. The Balaban J connectivity index is 2.33. The third kappa shape index (κ3) is 1.56. The molecule has 0 aliphatic carbocycles. The standard InChI is InChI=1S/C10H13N3O/c1-13-7-9(8-2-4-11-6-8)12-10(13)3-5-14/h2,4,6-7,11,14H,3,5H2,1H3. The van der Waals surface area contributed by atoms with Crippen LogP contribution in [0.4, 0.5) is 0 Å². The van der Waals surface area contributed by atoms with Crippen LogP contribution in [-0.2, 0) is 13.5 Å². The van der Waals surface area contributed by atoms with Gasteiger partial charge in [0.25, 0.3) is 0 Å². The molecule has 0 spiro atoms. The minimum atomic E-state index is 0.136. The molecule has 2 aromatic heterocycles. The Hall–Kier alpha value is -1.55. The first-order chi connectivity index (χ1) is 6.81. The summed E-state index contributed by atoms with van der Waals surface area (Å²) >= 11 is 0. The van der Waals surface area contributed by atoms with Gasteiger partial charge in [0.1, 0.15) is 5.82 Å². The molecule has 0 amide bonds. The van der Waals surface area contributed by atoms with Crippen LogP contribution in [0.2, 0.25) is 0 Å². The lowest BCUT2D eigenvalue weighted by Gasteiger charge is -1.95. The average molecular weight is 191 g/mol. The zero-order valence-corrected chi connectivity index (χ0v) is 8.07. The summed E-state index contributed by atoms with van der Waals surface area (Å²) in [6.07, 6.45) is 6.34. The molecule has 4 heteroatoms. The highest BCUT2D eigenvalue weighted by Crippen LogP contribution is 2.17. The van der Waals surface area contributed by atoms with Gasteiger partial charge in [0, 0.05) is 37.6 Å². The first-order valence-electron chi connectivity index (χ1n) is 4.57. The maximum absolute atomic E-state index is 8.82. The molecule has 0 fully saturated rings. The van der Waals surface area contributed by atoms with Gasteiger partial charge in [-0.05, 0) is 6.07 Å². The van der Waals surface area contributed by atoms with Crippen molar-refractivity contribution in [3.63, 3.8) is 0 Å². The fourth-order valence-electron chi connectivity index (χ4n) is 1.46. The summed E-state index contributed by atoms with van der Waals surface area (Å²) < 4.78 is 1.94. The zero-order valence-electron chi connectivity index (χ0n) is 8.07. The van der Waals surface area contributed by atoms with Crippen molar-refractivity contribution < 1.29 is 5.11 Å². The van der Waals surface area contributed by atoms with E-state index in [1.54, 1.807) is 0 Å². The van der Waals surface area contributed by atoms with Crippen molar-refractivity contribution in [2.45, 2.75) is 6.42 Å². The summed E-state index contributed by atoms with van der Waals surface area (Å²) in [5.41, 5.74) is 2.02. The van der Waals surface area contributed by atoms with Crippen molar-refractivity contribution in [3.8, 4) is 11.3 Å². The van der Waals surface area contributed by atoms with E-state index < -0.39 is 0 Å². The predicted molar refractivity (Wildman–Crippen MR) is 53.8 cm³/mol. The highest BCUT2D eigenvalue weighted by Gasteiger charge is 2.06. The lowest BCUT2D eigenvalue weighted by molar-refractivity contribution is 0.295. The van der Waals surface area contributed by atoms with Crippen LogP contribution in [0.3, 0.4) is 0 Å². The van der Waals surface area contributed by atoms with Gasteiger partial charge in [-0.15, -0.1) is 0 Å². The molecular formula is C10H13N3O. The fourth-order valence-corrected chi connectivity index (χ4v) is 1.46. The van der Waals surface area contributed by atoms with Crippen LogP contribution in [0.25, 0.3) is 11.3 Å². The second-order valence-electron chi connectivity index (χ2n) is 3.23. The Morgan fingerprint density at radius 2 is 2.43 bits per heavy atom. The molecule has 2 heterocycles. The molecule has 0 aliphatic heterocycles. The van der Waals surface area contributed by atoms with Crippen LogP contribution in [-0.4, -0.2) is 26.2 Å². The number of nitrogens with one attached hydrogen (secondary N) is 1. The molecule has 0 bridgehead atoms. The minimum absolute atomic E-state index is 0.136. The van der Waals surface area contributed by atoms with Gasteiger partial charge in [0.2, 0.25) is 0 Å². The Kier molecular flexibility index (Phi) is 2.37. The molecule has 0 aliphatic rings. The van der Waals surface area contributed by atoms with E-state index in [2.05, 4.69) is 9.97 Å². The number of aromatic nitrogens is 3. The molecule has 0 saturated carbocycles. The highest BCUT2D eigenvalue weighted by molar-refractivity contribution is 5.57. The van der Waals surface area contributed by atoms with Crippen molar-refractivity contribution in [3.05, 3.63) is 30.5 Å². The Morgan fingerprint density at radius 1 is 1.57 bits per heavy atom. The second kappa shape index (κ2) is 3.67. The van der Waals surface area contributed by atoms with Gasteiger partial charge in [-0.25, -0.2) is 4.98 Å². The monoisotopic (exact) mass is 191 g/mol. The molecule has 74 valence electrons. The van der Waals surface area contributed by atoms with Gasteiger partial charge < -0.3 is 14.7 Å². The van der Waals surface area contributed by atoms with E-state index in [1.165, 1.54) is 0 Å². The first-order valence-corrected chi connectivity index (χ1v) is 4.57. The van der Waals surface area contributed by atoms with Crippen LogP contribution < -0.4 is 0 Å². The van der Waals surface area contributed by atoms with E-state index in [4.69, 9.17) is 5.11 Å². The quantitative estimate of drug-likeness (QED) is 0.759. The first kappa shape index (κ1) is 9.02. The van der Waals surface area contributed by atoms with Crippen LogP contribution >= 0.6 is 0 Å². The number of nitrogens with zero attached hydrogens (tertiary/aromatic N) is 2. The van der Waals surface area contributed by atoms with E-state index in [9.17, 15) is 0 Å². The molecule has 0 aromatic carbocycles. The highest BCUT2D eigenvalue weighted by atomic mass is 16.3. The van der Waals surface area contributed by atoms with E-state index >= 15 is 0 Å². The topological polar surface area (TPSA) is 53.8 Å². The lowest BCUT2D eigenvalue weighted by Crippen LogP contribution is -1.99. The second-order valence-corrected chi connectivity index (χ2v) is 3.23. The molecule has 2 aromatic rings. The molecule has 2 rings (SSSR count). The van der Waals surface area contributed by atoms with Crippen LogP contribution in [0.1, 0.15) is 5.82 Å². The molecule has 0 unspecified atom stereocenters. The predicted octanol–water partition coefficient (Wildman–Crippen LogP) is 0.950. The average Bonchev–Trinajstić information content (AvgIpc) is 2.76. The molecule has 0 radical (unpaired) electrons. The summed E-state index contributed by atoms with van der Waals surface area (Å²) in [7, 11) is 1.94. The molecule has 4 nitrogen and oxygen atoms in total. The fraction of sp³-hybridized carbons (Fsp3) is 0.300.